The third kappa shape index (κ3) is 2.62. The number of benzene rings is 1. The molecule has 0 bridgehead atoms. The van der Waals surface area contributed by atoms with E-state index in [0.29, 0.717) is 11.4 Å². The average molecular weight is 271 g/mol. The van der Waals surface area contributed by atoms with Gasteiger partial charge in [-0.1, -0.05) is 0 Å². The highest BCUT2D eigenvalue weighted by molar-refractivity contribution is 5.89. The van der Waals surface area contributed by atoms with Gasteiger partial charge in [0, 0.05) is 25.9 Å². The van der Waals surface area contributed by atoms with Crippen LogP contribution in [0.5, 0.6) is 5.75 Å². The van der Waals surface area contributed by atoms with Gasteiger partial charge in [-0.15, -0.1) is 0 Å². The maximum Gasteiger partial charge on any atom is 0.335 e. The van der Waals surface area contributed by atoms with E-state index in [1.807, 2.05) is 0 Å². The van der Waals surface area contributed by atoms with Crippen LogP contribution >= 0.6 is 0 Å². The van der Waals surface area contributed by atoms with Crippen molar-refractivity contribution >= 4 is 11.7 Å². The van der Waals surface area contributed by atoms with Crippen LogP contribution in [0.25, 0.3) is 0 Å². The Morgan fingerprint density at radius 3 is 2.58 bits per heavy atom. The normalized spacial score (nSPS) is 17.7. The van der Waals surface area contributed by atoms with Crippen molar-refractivity contribution in [3.8, 4) is 5.75 Å². The number of alkyl halides is 2. The molecule has 1 saturated carbocycles. The van der Waals surface area contributed by atoms with E-state index < -0.39 is 11.9 Å². The van der Waals surface area contributed by atoms with E-state index in [1.165, 1.54) is 19.2 Å². The van der Waals surface area contributed by atoms with Crippen LogP contribution in [0.3, 0.4) is 0 Å². The molecule has 1 fully saturated rings. The number of hydrogen-bond donors (Lipinski definition) is 1. The van der Waals surface area contributed by atoms with E-state index >= 15 is 0 Å². The largest absolute Gasteiger partial charge is 0.495 e. The van der Waals surface area contributed by atoms with Gasteiger partial charge < -0.3 is 14.7 Å². The summed E-state index contributed by atoms with van der Waals surface area (Å²) >= 11 is 0. The van der Waals surface area contributed by atoms with Gasteiger partial charge in [0.25, 0.3) is 5.92 Å². The van der Waals surface area contributed by atoms with Crippen molar-refractivity contribution in [3.63, 3.8) is 0 Å². The molecule has 1 aliphatic carbocycles. The molecule has 0 amide bonds. The van der Waals surface area contributed by atoms with Crippen LogP contribution in [0, 0.1) is 0 Å². The second-order valence-electron chi connectivity index (χ2n) is 4.72. The predicted molar refractivity (Wildman–Crippen MR) is 66.3 cm³/mol. The molecule has 1 aliphatic rings. The molecular formula is C13H15F2NO3. The fraction of sp³-hybridized carbons (Fsp3) is 0.462. The molecule has 0 spiro atoms. The first-order valence-electron chi connectivity index (χ1n) is 5.86. The van der Waals surface area contributed by atoms with Gasteiger partial charge in [0.15, 0.2) is 0 Å². The number of halogens is 2. The molecule has 0 aromatic heterocycles. The number of ether oxygens (including phenoxy) is 1. The van der Waals surface area contributed by atoms with Crippen LogP contribution in [0.1, 0.15) is 23.2 Å². The lowest BCUT2D eigenvalue weighted by atomic mass is 9.87. The van der Waals surface area contributed by atoms with E-state index in [9.17, 15) is 13.6 Å². The van der Waals surface area contributed by atoms with Crippen LogP contribution in [0.4, 0.5) is 14.5 Å². The Bertz CT molecular complexity index is 497. The van der Waals surface area contributed by atoms with Gasteiger partial charge in [-0.05, 0) is 18.2 Å². The zero-order valence-corrected chi connectivity index (χ0v) is 10.7. The number of hydrogen-bond acceptors (Lipinski definition) is 3. The summed E-state index contributed by atoms with van der Waals surface area (Å²) in [4.78, 5) is 12.6. The zero-order valence-electron chi connectivity index (χ0n) is 10.7. The van der Waals surface area contributed by atoms with Crippen molar-refractivity contribution in [2.24, 2.45) is 0 Å². The average Bonchev–Trinajstić information content (AvgIpc) is 2.34. The number of rotatable bonds is 4. The topological polar surface area (TPSA) is 49.8 Å². The summed E-state index contributed by atoms with van der Waals surface area (Å²) in [5.74, 6) is -3.27. The summed E-state index contributed by atoms with van der Waals surface area (Å²) in [5.41, 5.74) is 0.723. The second kappa shape index (κ2) is 4.68. The molecule has 0 radical (unpaired) electrons. The molecule has 6 heteroatoms. The van der Waals surface area contributed by atoms with Crippen molar-refractivity contribution in [1.29, 1.82) is 0 Å². The minimum atomic E-state index is -2.59. The smallest absolute Gasteiger partial charge is 0.335 e. The van der Waals surface area contributed by atoms with Crippen molar-refractivity contribution in [3.05, 3.63) is 23.8 Å². The third-order valence-corrected chi connectivity index (χ3v) is 3.42. The van der Waals surface area contributed by atoms with E-state index in [4.69, 9.17) is 9.84 Å². The van der Waals surface area contributed by atoms with Crippen molar-refractivity contribution in [2.45, 2.75) is 24.8 Å². The Hall–Kier alpha value is -1.85. The van der Waals surface area contributed by atoms with Crippen LogP contribution < -0.4 is 9.64 Å². The maximum atomic E-state index is 12.9. The quantitative estimate of drug-likeness (QED) is 0.914. The van der Waals surface area contributed by atoms with Crippen molar-refractivity contribution < 1.29 is 23.4 Å². The van der Waals surface area contributed by atoms with Crippen LogP contribution in [0.2, 0.25) is 0 Å². The predicted octanol–water partition coefficient (Wildman–Crippen LogP) is 2.63. The third-order valence-electron chi connectivity index (χ3n) is 3.42. The lowest BCUT2D eigenvalue weighted by molar-refractivity contribution is -0.0849. The first-order chi connectivity index (χ1) is 8.84. The van der Waals surface area contributed by atoms with E-state index in [2.05, 4.69) is 0 Å². The summed E-state index contributed by atoms with van der Waals surface area (Å²) in [6, 6.07) is 4.16. The number of nitrogens with zero attached hydrogens (tertiary/aromatic N) is 1. The van der Waals surface area contributed by atoms with Gasteiger partial charge >= 0.3 is 5.97 Å². The summed E-state index contributed by atoms with van der Waals surface area (Å²) < 4.78 is 30.9. The molecule has 0 heterocycles. The van der Waals surface area contributed by atoms with E-state index in [-0.39, 0.29) is 24.4 Å². The molecule has 0 aliphatic heterocycles. The van der Waals surface area contributed by atoms with Gasteiger partial charge in [-0.25, -0.2) is 13.6 Å². The maximum absolute atomic E-state index is 12.9. The summed E-state index contributed by atoms with van der Waals surface area (Å²) in [6.07, 6.45) is -0.374. The van der Waals surface area contributed by atoms with Gasteiger partial charge in [0.05, 0.1) is 18.4 Å². The van der Waals surface area contributed by atoms with E-state index in [0.717, 1.165) is 0 Å². The molecule has 104 valence electrons. The van der Waals surface area contributed by atoms with Gasteiger partial charge in [-0.3, -0.25) is 0 Å². The summed E-state index contributed by atoms with van der Waals surface area (Å²) in [5, 5.41) is 8.90. The van der Waals surface area contributed by atoms with Gasteiger partial charge in [-0.2, -0.15) is 0 Å². The van der Waals surface area contributed by atoms with Crippen molar-refractivity contribution in [1.82, 2.24) is 0 Å². The molecule has 1 N–H and O–H groups in total. The number of carbonyl (C=O) groups is 1. The van der Waals surface area contributed by atoms with Crippen LogP contribution in [0.15, 0.2) is 18.2 Å². The highest BCUT2D eigenvalue weighted by Gasteiger charge is 2.47. The first kappa shape index (κ1) is 13.6. The number of carboxylic acid groups (broad SMARTS) is 1. The summed E-state index contributed by atoms with van der Waals surface area (Å²) in [6.45, 7) is 0. The first-order valence-corrected chi connectivity index (χ1v) is 5.86. The SMILES string of the molecule is COc1cc(C(=O)O)ccc1N(C)C1CC(F)(F)C1. The number of aromatic carboxylic acids is 1. The molecular weight excluding hydrogens is 256 g/mol. The Labute approximate surface area is 109 Å². The zero-order chi connectivity index (χ0) is 14.2. The fourth-order valence-electron chi connectivity index (χ4n) is 2.20. The van der Waals surface area contributed by atoms with Gasteiger partial charge in [0.1, 0.15) is 5.75 Å². The molecule has 0 saturated heterocycles. The Balaban J connectivity index is 2.22. The minimum Gasteiger partial charge on any atom is -0.495 e. The number of carboxylic acids is 1. The minimum absolute atomic E-state index is 0.105. The standard InChI is InChI=1S/C13H15F2NO3/c1-16(9-6-13(14,15)7-9)10-4-3-8(12(17)18)5-11(10)19-2/h3-5,9H,6-7H2,1-2H3,(H,17,18). The molecule has 0 atom stereocenters. The van der Waals surface area contributed by atoms with Crippen LogP contribution in [-0.2, 0) is 0 Å². The van der Waals surface area contributed by atoms with Gasteiger partial charge in [0.2, 0.25) is 0 Å². The molecule has 1 aromatic rings. The molecule has 2 rings (SSSR count). The number of methoxy groups -OCH3 is 1. The lowest BCUT2D eigenvalue weighted by Crippen LogP contribution is -2.49. The Kier molecular flexibility index (Phi) is 3.34. The highest BCUT2D eigenvalue weighted by Crippen LogP contribution is 2.43. The van der Waals surface area contributed by atoms with Crippen LogP contribution in [-0.4, -0.2) is 37.2 Å². The molecule has 1 aromatic carbocycles. The fourth-order valence-corrected chi connectivity index (χ4v) is 2.20. The molecule has 4 nitrogen and oxygen atoms in total. The monoisotopic (exact) mass is 271 g/mol. The second-order valence-corrected chi connectivity index (χ2v) is 4.72. The Morgan fingerprint density at radius 1 is 1.47 bits per heavy atom. The van der Waals surface area contributed by atoms with E-state index in [1.54, 1.807) is 18.0 Å². The molecule has 19 heavy (non-hydrogen) atoms. The Morgan fingerprint density at radius 2 is 2.11 bits per heavy atom. The van der Waals surface area contributed by atoms with Crippen molar-refractivity contribution in [2.75, 3.05) is 19.1 Å². The highest BCUT2D eigenvalue weighted by atomic mass is 19.3. The summed E-state index contributed by atoms with van der Waals surface area (Å²) in [7, 11) is 3.13. The number of anilines is 1. The molecule has 0 unspecified atom stereocenters. The lowest BCUT2D eigenvalue weighted by Gasteiger charge is -2.42.